The fourth-order valence-electron chi connectivity index (χ4n) is 2.49. The van der Waals surface area contributed by atoms with Crippen molar-refractivity contribution in [3.8, 4) is 5.75 Å². The SMILES string of the molecule is CCOC(=O)c1cc(NC(=O)[C@](C)(OC)C2CC2)ccc1OC. The summed E-state index contributed by atoms with van der Waals surface area (Å²) in [6.45, 7) is 3.79. The molecular weight excluding hydrogens is 298 g/mol. The summed E-state index contributed by atoms with van der Waals surface area (Å²) >= 11 is 0. The Labute approximate surface area is 136 Å². The quantitative estimate of drug-likeness (QED) is 0.782. The number of anilines is 1. The van der Waals surface area contributed by atoms with Crippen LogP contribution in [0, 0.1) is 5.92 Å². The van der Waals surface area contributed by atoms with Crippen molar-refractivity contribution >= 4 is 17.6 Å². The van der Waals surface area contributed by atoms with Gasteiger partial charge in [-0.1, -0.05) is 0 Å². The average molecular weight is 321 g/mol. The number of hydrogen-bond acceptors (Lipinski definition) is 5. The maximum Gasteiger partial charge on any atom is 0.341 e. The van der Waals surface area contributed by atoms with E-state index >= 15 is 0 Å². The number of benzene rings is 1. The van der Waals surface area contributed by atoms with Crippen LogP contribution < -0.4 is 10.1 Å². The fraction of sp³-hybridized carbons (Fsp3) is 0.529. The van der Waals surface area contributed by atoms with Gasteiger partial charge in [0.15, 0.2) is 0 Å². The Hall–Kier alpha value is -2.08. The number of rotatable bonds is 7. The number of ether oxygens (including phenoxy) is 3. The van der Waals surface area contributed by atoms with Gasteiger partial charge in [0.05, 0.1) is 13.7 Å². The minimum Gasteiger partial charge on any atom is -0.496 e. The third kappa shape index (κ3) is 3.64. The van der Waals surface area contributed by atoms with Gasteiger partial charge in [-0.05, 0) is 50.8 Å². The topological polar surface area (TPSA) is 73.9 Å². The van der Waals surface area contributed by atoms with Crippen LogP contribution in [0.4, 0.5) is 5.69 Å². The van der Waals surface area contributed by atoms with E-state index in [2.05, 4.69) is 5.32 Å². The van der Waals surface area contributed by atoms with Gasteiger partial charge in [0.1, 0.15) is 16.9 Å². The maximum absolute atomic E-state index is 12.5. The molecule has 1 N–H and O–H groups in total. The van der Waals surface area contributed by atoms with Crippen LogP contribution in [0.15, 0.2) is 18.2 Å². The first-order chi connectivity index (χ1) is 11.0. The standard InChI is InChI=1S/C17H23NO5/c1-5-23-15(19)13-10-12(8-9-14(13)21-3)18-16(20)17(2,22-4)11-6-7-11/h8-11H,5-7H2,1-4H3,(H,18,20)/t17-/m1/s1. The first-order valence-electron chi connectivity index (χ1n) is 7.68. The van der Waals surface area contributed by atoms with E-state index in [4.69, 9.17) is 14.2 Å². The second-order valence-corrected chi connectivity index (χ2v) is 5.68. The maximum atomic E-state index is 12.5. The third-order valence-electron chi connectivity index (χ3n) is 4.18. The summed E-state index contributed by atoms with van der Waals surface area (Å²) in [4.78, 5) is 24.5. The Morgan fingerprint density at radius 1 is 1.30 bits per heavy atom. The minimum absolute atomic E-state index is 0.220. The molecule has 0 aliphatic heterocycles. The summed E-state index contributed by atoms with van der Waals surface area (Å²) in [6.07, 6.45) is 1.96. The molecule has 0 spiro atoms. The molecule has 2 rings (SSSR count). The molecular formula is C17H23NO5. The van der Waals surface area contributed by atoms with Gasteiger partial charge in [0, 0.05) is 12.8 Å². The lowest BCUT2D eigenvalue weighted by Gasteiger charge is -2.26. The molecule has 6 heteroatoms. The predicted molar refractivity (Wildman–Crippen MR) is 85.7 cm³/mol. The Bertz CT molecular complexity index is 597. The number of amides is 1. The van der Waals surface area contributed by atoms with Gasteiger partial charge in [0.25, 0.3) is 5.91 Å². The highest BCUT2D eigenvalue weighted by Gasteiger charge is 2.47. The van der Waals surface area contributed by atoms with Gasteiger partial charge in [0.2, 0.25) is 0 Å². The van der Waals surface area contributed by atoms with E-state index in [1.165, 1.54) is 14.2 Å². The normalized spacial score (nSPS) is 16.3. The molecule has 1 atom stereocenters. The number of nitrogens with one attached hydrogen (secondary N) is 1. The molecule has 6 nitrogen and oxygen atoms in total. The fourth-order valence-corrected chi connectivity index (χ4v) is 2.49. The Balaban J connectivity index is 2.21. The zero-order chi connectivity index (χ0) is 17.0. The van der Waals surface area contributed by atoms with Gasteiger partial charge < -0.3 is 19.5 Å². The second kappa shape index (κ2) is 7.00. The lowest BCUT2D eigenvalue weighted by molar-refractivity contribution is -0.138. The lowest BCUT2D eigenvalue weighted by atomic mass is 9.99. The number of carbonyl (C=O) groups is 2. The van der Waals surface area contributed by atoms with Crippen molar-refractivity contribution in [1.82, 2.24) is 0 Å². The molecule has 1 fully saturated rings. The van der Waals surface area contributed by atoms with E-state index in [-0.39, 0.29) is 24.0 Å². The molecule has 0 aromatic heterocycles. The van der Waals surface area contributed by atoms with Crippen molar-refractivity contribution < 1.29 is 23.8 Å². The van der Waals surface area contributed by atoms with Crippen LogP contribution in [-0.2, 0) is 14.3 Å². The van der Waals surface area contributed by atoms with Crippen molar-refractivity contribution in [2.45, 2.75) is 32.3 Å². The summed E-state index contributed by atoms with van der Waals surface area (Å²) < 4.78 is 15.6. The number of methoxy groups -OCH3 is 2. The smallest absolute Gasteiger partial charge is 0.341 e. The molecule has 0 bridgehead atoms. The average Bonchev–Trinajstić information content (AvgIpc) is 3.39. The molecule has 126 valence electrons. The Kier molecular flexibility index (Phi) is 5.26. The highest BCUT2D eigenvalue weighted by atomic mass is 16.5. The van der Waals surface area contributed by atoms with Crippen LogP contribution in [0.5, 0.6) is 5.75 Å². The lowest BCUT2D eigenvalue weighted by Crippen LogP contribution is -2.44. The van der Waals surface area contributed by atoms with Crippen LogP contribution in [0.2, 0.25) is 0 Å². The van der Waals surface area contributed by atoms with Crippen molar-refractivity contribution in [3.05, 3.63) is 23.8 Å². The summed E-state index contributed by atoms with van der Waals surface area (Å²) in [6, 6.07) is 4.86. The van der Waals surface area contributed by atoms with Crippen molar-refractivity contribution in [1.29, 1.82) is 0 Å². The van der Waals surface area contributed by atoms with E-state index in [9.17, 15) is 9.59 Å². The molecule has 1 saturated carbocycles. The first kappa shape index (κ1) is 17.3. The minimum atomic E-state index is -0.857. The molecule has 23 heavy (non-hydrogen) atoms. The van der Waals surface area contributed by atoms with Crippen LogP contribution in [0.1, 0.15) is 37.0 Å². The number of hydrogen-bond donors (Lipinski definition) is 1. The number of carbonyl (C=O) groups excluding carboxylic acids is 2. The molecule has 0 radical (unpaired) electrons. The summed E-state index contributed by atoms with van der Waals surface area (Å²) in [7, 11) is 3.02. The predicted octanol–water partition coefficient (Wildman–Crippen LogP) is 2.63. The summed E-state index contributed by atoms with van der Waals surface area (Å²) in [5.41, 5.74) is -0.0789. The van der Waals surface area contributed by atoms with Gasteiger partial charge >= 0.3 is 5.97 Å². The second-order valence-electron chi connectivity index (χ2n) is 5.68. The highest BCUT2D eigenvalue weighted by Crippen LogP contribution is 2.42. The zero-order valence-corrected chi connectivity index (χ0v) is 14.0. The zero-order valence-electron chi connectivity index (χ0n) is 14.0. The largest absolute Gasteiger partial charge is 0.496 e. The molecule has 0 saturated heterocycles. The monoisotopic (exact) mass is 321 g/mol. The van der Waals surface area contributed by atoms with Crippen LogP contribution >= 0.6 is 0 Å². The van der Waals surface area contributed by atoms with E-state index in [1.54, 1.807) is 32.0 Å². The molecule has 1 aliphatic rings. The Morgan fingerprint density at radius 2 is 2.00 bits per heavy atom. The van der Waals surface area contributed by atoms with E-state index in [0.29, 0.717) is 11.4 Å². The third-order valence-corrected chi connectivity index (χ3v) is 4.18. The van der Waals surface area contributed by atoms with Gasteiger partial charge in [-0.25, -0.2) is 4.79 Å². The van der Waals surface area contributed by atoms with Gasteiger partial charge in [-0.3, -0.25) is 4.79 Å². The summed E-state index contributed by atoms with van der Waals surface area (Å²) in [5, 5.41) is 2.82. The van der Waals surface area contributed by atoms with Crippen LogP contribution in [-0.4, -0.2) is 38.3 Å². The number of esters is 1. The Morgan fingerprint density at radius 3 is 2.52 bits per heavy atom. The molecule has 1 amide bonds. The summed E-state index contributed by atoms with van der Waals surface area (Å²) in [5.74, 6) is -0.0759. The van der Waals surface area contributed by atoms with E-state index < -0.39 is 11.6 Å². The molecule has 0 heterocycles. The van der Waals surface area contributed by atoms with Gasteiger partial charge in [-0.15, -0.1) is 0 Å². The van der Waals surface area contributed by atoms with Crippen molar-refractivity contribution in [2.24, 2.45) is 5.92 Å². The van der Waals surface area contributed by atoms with Crippen LogP contribution in [0.25, 0.3) is 0 Å². The van der Waals surface area contributed by atoms with Gasteiger partial charge in [-0.2, -0.15) is 0 Å². The van der Waals surface area contributed by atoms with Crippen LogP contribution in [0.3, 0.4) is 0 Å². The molecule has 1 aliphatic carbocycles. The van der Waals surface area contributed by atoms with E-state index in [0.717, 1.165) is 12.8 Å². The molecule has 0 unspecified atom stereocenters. The molecule has 1 aromatic carbocycles. The first-order valence-corrected chi connectivity index (χ1v) is 7.68. The van der Waals surface area contributed by atoms with Crippen molar-refractivity contribution in [3.63, 3.8) is 0 Å². The highest BCUT2D eigenvalue weighted by molar-refractivity contribution is 5.99. The molecule has 1 aromatic rings. The van der Waals surface area contributed by atoms with E-state index in [1.807, 2.05) is 0 Å². The van der Waals surface area contributed by atoms with Crippen molar-refractivity contribution in [2.75, 3.05) is 26.1 Å².